The van der Waals surface area contributed by atoms with Crippen molar-refractivity contribution in [1.82, 2.24) is 0 Å². The van der Waals surface area contributed by atoms with Crippen LogP contribution in [0.25, 0.3) is 0 Å². The zero-order valence-corrected chi connectivity index (χ0v) is 36.4. The highest BCUT2D eigenvalue weighted by Crippen LogP contribution is 2.43. The Labute approximate surface area is 328 Å². The summed E-state index contributed by atoms with van der Waals surface area (Å²) in [6.07, 6.45) is 43.0. The molecule has 8 nitrogen and oxygen atoms in total. The third-order valence-corrected chi connectivity index (χ3v) is 10.6. The monoisotopic (exact) mass is 773 g/mol. The minimum atomic E-state index is -4.29. The maximum absolute atomic E-state index is 12.7. The van der Waals surface area contributed by atoms with Crippen LogP contribution in [0.3, 0.4) is 0 Å². The third kappa shape index (κ3) is 41.8. The molecule has 0 radical (unpaired) electrons. The number of hydrogen-bond donors (Lipinski definition) is 1. The van der Waals surface area contributed by atoms with Crippen LogP contribution in [-0.2, 0) is 27.9 Å². The molecule has 0 aromatic carbocycles. The Morgan fingerprint density at radius 2 is 1.00 bits per heavy atom. The topological polar surface area (TPSA) is 91.3 Å². The lowest BCUT2D eigenvalue weighted by molar-refractivity contribution is -0.870. The van der Waals surface area contributed by atoms with Gasteiger partial charge >= 0.3 is 13.8 Å². The van der Waals surface area contributed by atoms with Gasteiger partial charge in [-0.3, -0.25) is 13.8 Å². The van der Waals surface area contributed by atoms with Crippen molar-refractivity contribution >= 4 is 13.8 Å². The first-order valence-electron chi connectivity index (χ1n) is 22.1. The molecule has 0 aliphatic rings. The van der Waals surface area contributed by atoms with E-state index >= 15 is 0 Å². The van der Waals surface area contributed by atoms with Gasteiger partial charge in [0.1, 0.15) is 19.8 Å². The average molecular weight is 773 g/mol. The number of hydrogen-bond acceptors (Lipinski definition) is 6. The number of phosphoric ester groups is 1. The molecule has 0 aromatic heterocycles. The minimum absolute atomic E-state index is 0.0479. The van der Waals surface area contributed by atoms with Crippen molar-refractivity contribution < 1.29 is 37.3 Å². The molecule has 0 saturated heterocycles. The Bertz CT molecular complexity index is 905. The van der Waals surface area contributed by atoms with Crippen LogP contribution in [0.15, 0.2) is 24.5 Å². The van der Waals surface area contributed by atoms with E-state index in [0.29, 0.717) is 17.4 Å². The molecule has 0 rings (SSSR count). The van der Waals surface area contributed by atoms with Gasteiger partial charge in [-0.05, 0) is 51.0 Å². The molecule has 9 heteroatoms. The van der Waals surface area contributed by atoms with E-state index < -0.39 is 13.9 Å². The molecule has 0 aliphatic heterocycles. The molecule has 1 unspecified atom stereocenters. The number of carbonyl (C=O) groups is 1. The van der Waals surface area contributed by atoms with Gasteiger partial charge in [0.25, 0.3) is 0 Å². The second kappa shape index (κ2) is 37.7. The summed E-state index contributed by atoms with van der Waals surface area (Å²) in [4.78, 5) is 22.8. The van der Waals surface area contributed by atoms with Crippen LogP contribution in [0.4, 0.5) is 0 Å². The van der Waals surface area contributed by atoms with Crippen LogP contribution < -0.4 is 0 Å². The predicted molar refractivity (Wildman–Crippen MR) is 224 cm³/mol. The first kappa shape index (κ1) is 51.8. The van der Waals surface area contributed by atoms with Crippen LogP contribution in [0.5, 0.6) is 0 Å². The molecular weight excluding hydrogens is 685 g/mol. The smallest absolute Gasteiger partial charge is 0.472 e. The molecule has 0 aliphatic carbocycles. The van der Waals surface area contributed by atoms with Gasteiger partial charge in [-0.25, -0.2) is 4.57 Å². The van der Waals surface area contributed by atoms with Gasteiger partial charge in [-0.1, -0.05) is 161 Å². The molecule has 0 aromatic rings. The molecule has 0 spiro atoms. The zero-order valence-electron chi connectivity index (χ0n) is 35.5. The summed E-state index contributed by atoms with van der Waals surface area (Å²) >= 11 is 0. The molecule has 0 amide bonds. The summed E-state index contributed by atoms with van der Waals surface area (Å²) in [5, 5.41) is 0. The Morgan fingerprint density at radius 1 is 0.585 bits per heavy atom. The number of nitrogens with zero attached hydrogens (tertiary/aromatic N) is 1. The highest BCUT2D eigenvalue weighted by molar-refractivity contribution is 7.47. The molecule has 53 heavy (non-hydrogen) atoms. The van der Waals surface area contributed by atoms with Crippen molar-refractivity contribution in [2.24, 2.45) is 0 Å². The minimum Gasteiger partial charge on any atom is -0.498 e. The summed E-state index contributed by atoms with van der Waals surface area (Å²) in [7, 11) is 1.64. The maximum atomic E-state index is 12.7. The van der Waals surface area contributed by atoms with Gasteiger partial charge in [-0.2, -0.15) is 0 Å². The molecule has 0 heterocycles. The average Bonchev–Trinajstić information content (AvgIpc) is 3.11. The molecule has 0 bridgehead atoms. The van der Waals surface area contributed by atoms with Crippen molar-refractivity contribution in [3.05, 3.63) is 24.5 Å². The van der Waals surface area contributed by atoms with E-state index in [1.807, 2.05) is 27.2 Å². The fraction of sp³-hybridized carbons (Fsp3) is 0.886. The van der Waals surface area contributed by atoms with E-state index in [4.69, 9.17) is 18.5 Å². The summed E-state index contributed by atoms with van der Waals surface area (Å²) < 4.78 is 34.7. The van der Waals surface area contributed by atoms with Crippen LogP contribution >= 0.6 is 7.82 Å². The van der Waals surface area contributed by atoms with E-state index in [1.165, 1.54) is 135 Å². The summed E-state index contributed by atoms with van der Waals surface area (Å²) in [5.41, 5.74) is 0. The van der Waals surface area contributed by atoms with E-state index in [1.54, 1.807) is 6.26 Å². The standard InChI is InChI=1S/C44H86NO7P/c1-6-8-10-12-14-16-18-20-22-24-26-28-30-32-34-36-39-49-41-43(42-51-53(47,48)50-40-38-45(3,4)5)52-44(46)37-35-33-31-29-27-25-23-21-19-17-15-13-11-9-7-2/h21,23,36,39,43H,6-20,22,24-35,37-38,40-42H2,1-5H3/p+1/b23-21-,39-36-/t43-/m1/s1. The van der Waals surface area contributed by atoms with Gasteiger partial charge in [-0.15, -0.1) is 0 Å². The molecule has 0 fully saturated rings. The lowest BCUT2D eigenvalue weighted by atomic mass is 10.0. The Balaban J connectivity index is 4.28. The number of carbonyl (C=O) groups excluding carboxylic acids is 1. The quantitative estimate of drug-likeness (QED) is 0.0165. The van der Waals surface area contributed by atoms with Gasteiger partial charge < -0.3 is 18.9 Å². The highest BCUT2D eigenvalue weighted by Gasteiger charge is 2.26. The van der Waals surface area contributed by atoms with Crippen LogP contribution in [0.2, 0.25) is 0 Å². The van der Waals surface area contributed by atoms with Crippen molar-refractivity contribution in [2.75, 3.05) is 47.5 Å². The van der Waals surface area contributed by atoms with Crippen molar-refractivity contribution in [1.29, 1.82) is 0 Å². The molecule has 0 saturated carbocycles. The normalized spacial score (nSPS) is 13.9. The summed E-state index contributed by atoms with van der Waals surface area (Å²) in [5.74, 6) is -0.343. The Hall–Kier alpha value is -1.18. The lowest BCUT2D eigenvalue weighted by Gasteiger charge is -2.24. The van der Waals surface area contributed by atoms with Crippen molar-refractivity contribution in [2.45, 2.75) is 206 Å². The van der Waals surface area contributed by atoms with E-state index in [0.717, 1.165) is 44.9 Å². The molecule has 1 N–H and O–H groups in total. The van der Waals surface area contributed by atoms with Crippen molar-refractivity contribution in [3.8, 4) is 0 Å². The molecule has 314 valence electrons. The maximum Gasteiger partial charge on any atom is 0.472 e. The second-order valence-electron chi connectivity index (χ2n) is 16.1. The van der Waals surface area contributed by atoms with Gasteiger partial charge in [0.2, 0.25) is 0 Å². The molecular formula is C44H87NO7P+. The van der Waals surface area contributed by atoms with Crippen LogP contribution in [-0.4, -0.2) is 69.0 Å². The zero-order chi connectivity index (χ0) is 39.1. The summed E-state index contributed by atoms with van der Waals surface area (Å²) in [6.45, 7) is 4.93. The number of ether oxygens (including phenoxy) is 2. The second-order valence-corrected chi connectivity index (χ2v) is 17.6. The van der Waals surface area contributed by atoms with Gasteiger partial charge in [0, 0.05) is 6.42 Å². The largest absolute Gasteiger partial charge is 0.498 e. The number of rotatable bonds is 41. The van der Waals surface area contributed by atoms with Crippen molar-refractivity contribution in [3.63, 3.8) is 0 Å². The number of likely N-dealkylation sites (N-methyl/N-ethyl adjacent to an activating group) is 1. The lowest BCUT2D eigenvalue weighted by Crippen LogP contribution is -2.37. The fourth-order valence-electron chi connectivity index (χ4n) is 6.10. The number of quaternary nitrogens is 1. The Morgan fingerprint density at radius 3 is 1.45 bits per heavy atom. The van der Waals surface area contributed by atoms with Crippen LogP contribution in [0.1, 0.15) is 200 Å². The van der Waals surface area contributed by atoms with Gasteiger partial charge in [0.05, 0.1) is 34.0 Å². The number of esters is 1. The molecule has 2 atom stereocenters. The SMILES string of the molecule is CCCCCCCC/C=C\CCCCCCCC(=O)O[C@H](CO/C=C\CCCCCCCCCCCCCCCC)COP(=O)(O)OCC[N+](C)(C)C. The Kier molecular flexibility index (Phi) is 36.9. The number of allylic oxidation sites excluding steroid dienone is 3. The highest BCUT2D eigenvalue weighted by atomic mass is 31.2. The summed E-state index contributed by atoms with van der Waals surface area (Å²) in [6, 6.07) is 0. The third-order valence-electron chi connectivity index (χ3n) is 9.58. The van der Waals surface area contributed by atoms with E-state index in [-0.39, 0.29) is 25.8 Å². The van der Waals surface area contributed by atoms with E-state index in [2.05, 4.69) is 26.0 Å². The van der Waals surface area contributed by atoms with E-state index in [9.17, 15) is 14.3 Å². The predicted octanol–water partition coefficient (Wildman–Crippen LogP) is 13.2. The first-order chi connectivity index (χ1) is 25.6. The first-order valence-corrected chi connectivity index (χ1v) is 23.6. The number of unbranched alkanes of at least 4 members (excludes halogenated alkanes) is 25. The van der Waals surface area contributed by atoms with Crippen LogP contribution in [0, 0.1) is 0 Å². The number of phosphoric acid groups is 1. The fourth-order valence-corrected chi connectivity index (χ4v) is 6.84. The van der Waals surface area contributed by atoms with Gasteiger partial charge in [0.15, 0.2) is 6.10 Å².